The Morgan fingerprint density at radius 1 is 1.07 bits per heavy atom. The number of ether oxygens (including phenoxy) is 1. The van der Waals surface area contributed by atoms with Gasteiger partial charge in [-0.3, -0.25) is 19.4 Å². The second-order valence-electron chi connectivity index (χ2n) is 7.29. The first kappa shape index (κ1) is 20.8. The molecule has 0 N–H and O–H groups in total. The van der Waals surface area contributed by atoms with Gasteiger partial charge in [0.25, 0.3) is 17.0 Å². The van der Waals surface area contributed by atoms with Crippen LogP contribution in [0.5, 0.6) is 5.19 Å². The zero-order valence-corrected chi connectivity index (χ0v) is 16.9. The van der Waals surface area contributed by atoms with Crippen LogP contribution in [0.15, 0.2) is 24.3 Å². The number of carbonyl (C=O) groups is 2. The Balaban J connectivity index is 1.23. The number of halogens is 3. The zero-order valence-electron chi connectivity index (χ0n) is 16.1. The highest BCUT2D eigenvalue weighted by Crippen LogP contribution is 2.31. The third kappa shape index (κ3) is 4.49. The summed E-state index contributed by atoms with van der Waals surface area (Å²) in [6, 6.07) is 6.83. The Morgan fingerprint density at radius 3 is 2.40 bits per heavy atom. The molecule has 0 saturated heterocycles. The minimum absolute atomic E-state index is 0.0600. The molecule has 6 nitrogen and oxygen atoms in total. The molecule has 30 heavy (non-hydrogen) atoms. The van der Waals surface area contributed by atoms with E-state index >= 15 is 0 Å². The van der Waals surface area contributed by atoms with Gasteiger partial charge in [0.1, 0.15) is 0 Å². The molecule has 0 saturated carbocycles. The first-order valence-electron chi connectivity index (χ1n) is 9.67. The Labute approximate surface area is 175 Å². The summed E-state index contributed by atoms with van der Waals surface area (Å²) in [5, 5.41) is 0.0600. The van der Waals surface area contributed by atoms with Crippen molar-refractivity contribution in [3.05, 3.63) is 46.0 Å². The second-order valence-corrected chi connectivity index (χ2v) is 8.34. The van der Waals surface area contributed by atoms with Crippen molar-refractivity contribution in [1.82, 2.24) is 14.8 Å². The molecule has 1 aromatic heterocycles. The number of nitrogens with zero attached hydrogens (tertiary/aromatic N) is 3. The first-order chi connectivity index (χ1) is 14.3. The molecule has 0 spiro atoms. The molecule has 0 aliphatic carbocycles. The van der Waals surface area contributed by atoms with E-state index in [0.29, 0.717) is 30.6 Å². The fourth-order valence-corrected chi connectivity index (χ4v) is 4.58. The van der Waals surface area contributed by atoms with Crippen LogP contribution in [-0.2, 0) is 13.0 Å². The molecule has 10 heteroatoms. The Morgan fingerprint density at radius 2 is 1.73 bits per heavy atom. The highest BCUT2D eigenvalue weighted by atomic mass is 32.1. The third-order valence-electron chi connectivity index (χ3n) is 5.13. The number of amides is 2. The molecule has 4 rings (SSSR count). The first-order valence-corrected chi connectivity index (χ1v) is 10.5. The second kappa shape index (κ2) is 8.35. The van der Waals surface area contributed by atoms with Crippen molar-refractivity contribution in [2.75, 3.05) is 26.2 Å². The van der Waals surface area contributed by atoms with Crippen LogP contribution in [0.25, 0.3) is 0 Å². The van der Waals surface area contributed by atoms with Crippen LogP contribution in [0.3, 0.4) is 0 Å². The fourth-order valence-electron chi connectivity index (χ4n) is 3.67. The quantitative estimate of drug-likeness (QED) is 0.488. The molecule has 0 radical (unpaired) electrons. The number of imide groups is 1. The van der Waals surface area contributed by atoms with Gasteiger partial charge in [-0.25, -0.2) is 4.98 Å². The van der Waals surface area contributed by atoms with Gasteiger partial charge < -0.3 is 4.74 Å². The number of thiazole rings is 1. The van der Waals surface area contributed by atoms with E-state index in [1.807, 2.05) is 0 Å². The van der Waals surface area contributed by atoms with Gasteiger partial charge >= 0.3 is 6.18 Å². The molecular formula is C20H20F3N3O3S. The molecule has 160 valence electrons. The van der Waals surface area contributed by atoms with Crippen molar-refractivity contribution in [2.24, 2.45) is 0 Å². The average Bonchev–Trinajstić information content (AvgIpc) is 3.23. The number of alkyl halides is 3. The number of unbranched alkanes of at least 4 members (excludes halogenated alkanes) is 1. The normalized spacial score (nSPS) is 16.7. The summed E-state index contributed by atoms with van der Waals surface area (Å²) in [5.74, 6) is -0.487. The van der Waals surface area contributed by atoms with Crippen molar-refractivity contribution in [2.45, 2.75) is 32.0 Å². The molecular weight excluding hydrogens is 419 g/mol. The molecule has 0 atom stereocenters. The summed E-state index contributed by atoms with van der Waals surface area (Å²) in [6.45, 7) is 1.16. The topological polar surface area (TPSA) is 62.7 Å². The zero-order chi connectivity index (χ0) is 21.3. The molecule has 0 bridgehead atoms. The third-order valence-corrected chi connectivity index (χ3v) is 6.20. The number of carbonyl (C=O) groups excluding carboxylic acids is 2. The highest BCUT2D eigenvalue weighted by molar-refractivity contribution is 7.13. The summed E-state index contributed by atoms with van der Waals surface area (Å²) in [4.78, 5) is 33.4. The van der Waals surface area contributed by atoms with Crippen LogP contribution < -0.4 is 4.74 Å². The lowest BCUT2D eigenvalue weighted by Gasteiger charge is -2.25. The van der Waals surface area contributed by atoms with Gasteiger partial charge in [0.15, 0.2) is 6.61 Å². The maximum atomic E-state index is 12.4. The van der Waals surface area contributed by atoms with Gasteiger partial charge in [-0.2, -0.15) is 13.2 Å². The predicted molar refractivity (Wildman–Crippen MR) is 104 cm³/mol. The number of hydrogen-bond acceptors (Lipinski definition) is 6. The van der Waals surface area contributed by atoms with E-state index in [4.69, 9.17) is 4.74 Å². The van der Waals surface area contributed by atoms with E-state index < -0.39 is 12.8 Å². The number of benzene rings is 1. The van der Waals surface area contributed by atoms with Crippen molar-refractivity contribution in [3.8, 4) is 5.19 Å². The molecule has 2 aromatic rings. The smallest absolute Gasteiger partial charge is 0.422 e. The van der Waals surface area contributed by atoms with Gasteiger partial charge in [-0.15, -0.1) is 0 Å². The number of rotatable bonds is 7. The van der Waals surface area contributed by atoms with Crippen LogP contribution in [0.1, 0.15) is 44.1 Å². The maximum absolute atomic E-state index is 12.4. The minimum Gasteiger partial charge on any atom is -0.460 e. The van der Waals surface area contributed by atoms with E-state index in [9.17, 15) is 22.8 Å². The van der Waals surface area contributed by atoms with Crippen LogP contribution in [-0.4, -0.2) is 59.0 Å². The van der Waals surface area contributed by atoms with Gasteiger partial charge in [0.2, 0.25) is 0 Å². The molecule has 1 aromatic carbocycles. The van der Waals surface area contributed by atoms with Crippen molar-refractivity contribution in [3.63, 3.8) is 0 Å². The summed E-state index contributed by atoms with van der Waals surface area (Å²) in [5.41, 5.74) is 1.68. The van der Waals surface area contributed by atoms with Crippen LogP contribution in [0, 0.1) is 0 Å². The Kier molecular flexibility index (Phi) is 5.79. The summed E-state index contributed by atoms with van der Waals surface area (Å²) >= 11 is 1.18. The number of aromatic nitrogens is 1. The van der Waals surface area contributed by atoms with Crippen molar-refractivity contribution >= 4 is 23.2 Å². The van der Waals surface area contributed by atoms with Gasteiger partial charge in [-0.05, 0) is 37.9 Å². The van der Waals surface area contributed by atoms with Crippen molar-refractivity contribution < 1.29 is 27.5 Å². The molecule has 0 unspecified atom stereocenters. The maximum Gasteiger partial charge on any atom is 0.422 e. The largest absolute Gasteiger partial charge is 0.460 e. The Bertz CT molecular complexity index is 925. The fraction of sp³-hybridized carbons (Fsp3) is 0.450. The van der Waals surface area contributed by atoms with E-state index in [0.717, 1.165) is 36.5 Å². The van der Waals surface area contributed by atoms with E-state index in [1.165, 1.54) is 16.2 Å². The summed E-state index contributed by atoms with van der Waals surface area (Å²) < 4.78 is 41.6. The number of fused-ring (bicyclic) bond motifs is 2. The number of hydrogen-bond donors (Lipinski definition) is 0. The monoisotopic (exact) mass is 439 g/mol. The van der Waals surface area contributed by atoms with Crippen molar-refractivity contribution in [1.29, 1.82) is 0 Å². The highest BCUT2D eigenvalue weighted by Gasteiger charge is 2.34. The summed E-state index contributed by atoms with van der Waals surface area (Å²) in [6.07, 6.45) is -2.17. The van der Waals surface area contributed by atoms with E-state index in [2.05, 4.69) is 9.88 Å². The van der Waals surface area contributed by atoms with E-state index in [1.54, 1.807) is 24.3 Å². The lowest BCUT2D eigenvalue weighted by atomic mass is 10.1. The molecule has 3 heterocycles. The van der Waals surface area contributed by atoms with Gasteiger partial charge in [0, 0.05) is 24.5 Å². The summed E-state index contributed by atoms with van der Waals surface area (Å²) in [7, 11) is 0. The predicted octanol–water partition coefficient (Wildman–Crippen LogP) is 3.52. The molecule has 2 amide bonds. The van der Waals surface area contributed by atoms with Gasteiger partial charge in [-0.1, -0.05) is 23.5 Å². The lowest BCUT2D eigenvalue weighted by molar-refractivity contribution is -0.153. The molecule has 0 fully saturated rings. The SMILES string of the molecule is O=C1c2ccccc2C(=O)N1CCCCN1CCc2sc(OCC(F)(F)F)nc2C1. The van der Waals surface area contributed by atoms with Crippen LogP contribution >= 0.6 is 11.3 Å². The van der Waals surface area contributed by atoms with Gasteiger partial charge in [0.05, 0.1) is 16.8 Å². The van der Waals surface area contributed by atoms with E-state index in [-0.39, 0.29) is 17.0 Å². The Hall–Kier alpha value is -2.46. The lowest BCUT2D eigenvalue weighted by Crippen LogP contribution is -2.33. The van der Waals surface area contributed by atoms with Crippen LogP contribution in [0.2, 0.25) is 0 Å². The average molecular weight is 439 g/mol. The standard InChI is InChI=1S/C20H20F3N3O3S/c21-20(22,23)12-29-19-24-15-11-25(10-7-16(15)30-19)8-3-4-9-26-17(27)13-5-1-2-6-14(13)18(26)28/h1-2,5-6H,3-4,7-12H2. The van der Waals surface area contributed by atoms with Crippen LogP contribution in [0.4, 0.5) is 13.2 Å². The molecule has 2 aliphatic rings. The minimum atomic E-state index is -4.38. The molecule has 2 aliphatic heterocycles.